The molecule has 1 aliphatic carbocycles. The maximum Gasteiger partial charge on any atom is 0.00801 e. The Hall–Kier alpha value is -0.300. The summed E-state index contributed by atoms with van der Waals surface area (Å²) in [5, 5.41) is 0. The predicted octanol–water partition coefficient (Wildman–Crippen LogP) is 3.83. The Bertz CT molecular complexity index is 260. The molecular formula is C12H18S. The monoisotopic (exact) mass is 194 g/mol. The van der Waals surface area contributed by atoms with Crippen LogP contribution in [0, 0.1) is 5.92 Å². The minimum atomic E-state index is 0.806. The average Bonchev–Trinajstić information content (AvgIpc) is 2.44. The molecule has 1 heteroatoms. The van der Waals surface area contributed by atoms with Gasteiger partial charge in [-0.25, -0.2) is 0 Å². The summed E-state index contributed by atoms with van der Waals surface area (Å²) in [6.45, 7) is 4.61. The zero-order valence-electron chi connectivity index (χ0n) is 8.60. The van der Waals surface area contributed by atoms with Crippen molar-refractivity contribution < 1.29 is 0 Å². The van der Waals surface area contributed by atoms with E-state index in [9.17, 15) is 0 Å². The number of thiophene rings is 1. The fourth-order valence-corrected chi connectivity index (χ4v) is 3.53. The standard InChI is InChI=1S/C12H18S/c1-9(2)7-11-8-10-5-3-4-6-12(10)13-11/h8-9H,3-7H2,1-2H3. The minimum absolute atomic E-state index is 0.806. The third kappa shape index (κ3) is 2.14. The van der Waals surface area contributed by atoms with Gasteiger partial charge in [0.05, 0.1) is 0 Å². The lowest BCUT2D eigenvalue weighted by molar-refractivity contribution is 0.653. The van der Waals surface area contributed by atoms with E-state index >= 15 is 0 Å². The average molecular weight is 194 g/mol. The maximum absolute atomic E-state index is 2.46. The third-order valence-corrected chi connectivity index (χ3v) is 3.92. The Balaban J connectivity index is 2.15. The van der Waals surface area contributed by atoms with E-state index in [1.165, 1.54) is 32.1 Å². The SMILES string of the molecule is CC(C)Cc1cc2c(s1)CCCC2. The largest absolute Gasteiger partial charge is 0.145 e. The van der Waals surface area contributed by atoms with E-state index < -0.39 is 0 Å². The van der Waals surface area contributed by atoms with Crippen molar-refractivity contribution in [1.29, 1.82) is 0 Å². The molecule has 0 unspecified atom stereocenters. The van der Waals surface area contributed by atoms with Gasteiger partial charge in [0.25, 0.3) is 0 Å². The van der Waals surface area contributed by atoms with Crippen LogP contribution >= 0.6 is 11.3 Å². The molecule has 0 radical (unpaired) electrons. The molecule has 0 fully saturated rings. The van der Waals surface area contributed by atoms with Crippen molar-refractivity contribution in [2.45, 2.75) is 46.0 Å². The number of hydrogen-bond acceptors (Lipinski definition) is 1. The highest BCUT2D eigenvalue weighted by molar-refractivity contribution is 7.12. The number of hydrogen-bond donors (Lipinski definition) is 0. The van der Waals surface area contributed by atoms with Crippen LogP contribution < -0.4 is 0 Å². The molecule has 0 aliphatic heterocycles. The summed E-state index contributed by atoms with van der Waals surface area (Å²) in [7, 11) is 0. The van der Waals surface area contributed by atoms with Gasteiger partial charge in [-0.1, -0.05) is 13.8 Å². The van der Waals surface area contributed by atoms with Crippen LogP contribution in [-0.4, -0.2) is 0 Å². The molecule has 1 aromatic heterocycles. The van der Waals surface area contributed by atoms with Crippen molar-refractivity contribution in [3.8, 4) is 0 Å². The zero-order chi connectivity index (χ0) is 9.26. The summed E-state index contributed by atoms with van der Waals surface area (Å²) in [5.74, 6) is 0.806. The Morgan fingerprint density at radius 2 is 2.08 bits per heavy atom. The highest BCUT2D eigenvalue weighted by atomic mass is 32.1. The molecule has 0 amide bonds. The Morgan fingerprint density at radius 1 is 1.31 bits per heavy atom. The van der Waals surface area contributed by atoms with E-state index in [0.29, 0.717) is 0 Å². The zero-order valence-corrected chi connectivity index (χ0v) is 9.41. The molecule has 13 heavy (non-hydrogen) atoms. The van der Waals surface area contributed by atoms with Crippen LogP contribution in [0.5, 0.6) is 0 Å². The van der Waals surface area contributed by atoms with Crippen LogP contribution in [0.2, 0.25) is 0 Å². The summed E-state index contributed by atoms with van der Waals surface area (Å²) in [6.07, 6.45) is 6.78. The molecule has 0 N–H and O–H groups in total. The predicted molar refractivity (Wildman–Crippen MR) is 59.5 cm³/mol. The molecule has 0 saturated heterocycles. The van der Waals surface area contributed by atoms with Crippen molar-refractivity contribution in [3.05, 3.63) is 21.4 Å². The van der Waals surface area contributed by atoms with Crippen LogP contribution in [0.25, 0.3) is 0 Å². The Morgan fingerprint density at radius 3 is 2.77 bits per heavy atom. The van der Waals surface area contributed by atoms with Gasteiger partial charge >= 0.3 is 0 Å². The number of fused-ring (bicyclic) bond motifs is 1. The lowest BCUT2D eigenvalue weighted by atomic mass is 9.98. The first-order chi connectivity index (χ1) is 6.25. The second-order valence-electron chi connectivity index (χ2n) is 4.47. The highest BCUT2D eigenvalue weighted by Gasteiger charge is 2.13. The summed E-state index contributed by atoms with van der Waals surface area (Å²) < 4.78 is 0. The summed E-state index contributed by atoms with van der Waals surface area (Å²) in [5.41, 5.74) is 1.66. The van der Waals surface area contributed by atoms with E-state index in [1.807, 2.05) is 0 Å². The van der Waals surface area contributed by atoms with E-state index in [2.05, 4.69) is 31.3 Å². The summed E-state index contributed by atoms with van der Waals surface area (Å²) in [4.78, 5) is 3.30. The molecule has 0 bridgehead atoms. The van der Waals surface area contributed by atoms with Crippen LogP contribution in [0.1, 0.15) is 42.0 Å². The smallest absolute Gasteiger partial charge is 0.00801 e. The van der Waals surface area contributed by atoms with Crippen LogP contribution in [0.3, 0.4) is 0 Å². The molecule has 0 atom stereocenters. The van der Waals surface area contributed by atoms with Crippen LogP contribution in [-0.2, 0) is 19.3 Å². The second-order valence-corrected chi connectivity index (χ2v) is 5.69. The van der Waals surface area contributed by atoms with Crippen molar-refractivity contribution in [2.24, 2.45) is 5.92 Å². The first kappa shape index (κ1) is 9.26. The van der Waals surface area contributed by atoms with Gasteiger partial charge in [-0.3, -0.25) is 0 Å². The van der Waals surface area contributed by atoms with E-state index in [1.54, 1.807) is 15.3 Å². The van der Waals surface area contributed by atoms with E-state index in [4.69, 9.17) is 0 Å². The molecule has 1 aromatic rings. The molecule has 1 aliphatic rings. The fraction of sp³-hybridized carbons (Fsp3) is 0.667. The fourth-order valence-electron chi connectivity index (χ4n) is 2.06. The molecule has 1 heterocycles. The van der Waals surface area contributed by atoms with Gasteiger partial charge in [0, 0.05) is 9.75 Å². The molecule has 2 rings (SSSR count). The highest BCUT2D eigenvalue weighted by Crippen LogP contribution is 2.30. The second kappa shape index (κ2) is 3.83. The Kier molecular flexibility index (Phi) is 2.73. The lowest BCUT2D eigenvalue weighted by Gasteiger charge is -2.08. The summed E-state index contributed by atoms with van der Waals surface area (Å²) in [6, 6.07) is 2.46. The van der Waals surface area contributed by atoms with Gasteiger partial charge in [-0.05, 0) is 49.7 Å². The third-order valence-electron chi connectivity index (χ3n) is 2.66. The van der Waals surface area contributed by atoms with Gasteiger partial charge in [-0.2, -0.15) is 0 Å². The quantitative estimate of drug-likeness (QED) is 0.671. The molecule has 0 spiro atoms. The van der Waals surface area contributed by atoms with Crippen LogP contribution in [0.15, 0.2) is 6.07 Å². The van der Waals surface area contributed by atoms with Crippen molar-refractivity contribution >= 4 is 11.3 Å². The molecular weight excluding hydrogens is 176 g/mol. The van der Waals surface area contributed by atoms with Gasteiger partial charge < -0.3 is 0 Å². The lowest BCUT2D eigenvalue weighted by Crippen LogP contribution is -1.96. The Labute approximate surface area is 85.0 Å². The first-order valence-corrected chi connectivity index (χ1v) is 6.18. The molecule has 0 aromatic carbocycles. The van der Waals surface area contributed by atoms with Gasteiger partial charge in [0.15, 0.2) is 0 Å². The summed E-state index contributed by atoms with van der Waals surface area (Å²) >= 11 is 2.06. The molecule has 0 nitrogen and oxygen atoms in total. The van der Waals surface area contributed by atoms with E-state index in [-0.39, 0.29) is 0 Å². The number of aryl methyl sites for hydroxylation is 2. The molecule has 0 saturated carbocycles. The van der Waals surface area contributed by atoms with Crippen molar-refractivity contribution in [2.75, 3.05) is 0 Å². The van der Waals surface area contributed by atoms with E-state index in [0.717, 1.165) is 5.92 Å². The van der Waals surface area contributed by atoms with Crippen molar-refractivity contribution in [3.63, 3.8) is 0 Å². The topological polar surface area (TPSA) is 0 Å². The maximum atomic E-state index is 2.46. The van der Waals surface area contributed by atoms with Gasteiger partial charge in [0.2, 0.25) is 0 Å². The normalized spacial score (nSPS) is 16.2. The number of rotatable bonds is 2. The molecule has 72 valence electrons. The first-order valence-electron chi connectivity index (χ1n) is 5.36. The minimum Gasteiger partial charge on any atom is -0.145 e. The van der Waals surface area contributed by atoms with Gasteiger partial charge in [-0.15, -0.1) is 11.3 Å². The van der Waals surface area contributed by atoms with Gasteiger partial charge in [0.1, 0.15) is 0 Å². The van der Waals surface area contributed by atoms with Crippen molar-refractivity contribution in [1.82, 2.24) is 0 Å². The van der Waals surface area contributed by atoms with Crippen LogP contribution in [0.4, 0.5) is 0 Å².